The molecule has 5 heavy (non-hydrogen) atoms. The first-order valence-corrected chi connectivity index (χ1v) is 1.65. The Kier molecular flexibility index (Phi) is 0.473. The van der Waals surface area contributed by atoms with Crippen LogP contribution in [-0.4, -0.2) is 6.54 Å². The van der Waals surface area contributed by atoms with Gasteiger partial charge in [-0.1, -0.05) is 5.43 Å². The number of nitrogens with zero attached hydrogens (tertiary/aromatic N) is 1. The summed E-state index contributed by atoms with van der Waals surface area (Å²) in [5, 5.41) is 0. The maximum Gasteiger partial charge on any atom is 0.321 e. The molecule has 0 fully saturated rings. The molecule has 1 rings (SSSR count). The molecule has 0 unspecified atom stereocenters. The average Bonchev–Trinajstić information content (AvgIpc) is 1.76. The lowest BCUT2D eigenvalue weighted by atomic mass is 10.5. The predicted octanol–water partition coefficient (Wildman–Crippen LogP) is 0.228. The maximum absolute atomic E-state index is 3.58. The van der Waals surface area contributed by atoms with Crippen molar-refractivity contribution in [3.8, 4) is 6.07 Å². The number of hydrogen-bond donors (Lipinski definition) is 1. The zero-order valence-electron chi connectivity index (χ0n) is 2.86. The molecule has 0 bridgehead atoms. The Bertz CT molecular complexity index is 68.6. The van der Waals surface area contributed by atoms with E-state index in [9.17, 15) is 0 Å². The fourth-order valence-electron chi connectivity index (χ4n) is 0.280. The first-order chi connectivity index (χ1) is 2.50. The van der Waals surface area contributed by atoms with Gasteiger partial charge in [-0.25, -0.2) is 0 Å². The summed E-state index contributed by atoms with van der Waals surface area (Å²) in [6, 6.07) is 2.74. The Morgan fingerprint density at radius 2 is 2.80 bits per heavy atom. The Morgan fingerprint density at radius 1 is 1.80 bits per heavy atom. The van der Waals surface area contributed by atoms with E-state index >= 15 is 0 Å². The minimum atomic E-state index is 0.972. The highest BCUT2D eigenvalue weighted by Crippen LogP contribution is 1.77. The van der Waals surface area contributed by atoms with Crippen LogP contribution in [-0.2, 0) is 0 Å². The smallest absolute Gasteiger partial charge is 0.0798 e. The Balaban J connectivity index is 2.42. The fourth-order valence-corrected chi connectivity index (χ4v) is 0.280. The highest BCUT2D eigenvalue weighted by Gasteiger charge is 1.96. The summed E-state index contributed by atoms with van der Waals surface area (Å²) < 4.78 is 0. The van der Waals surface area contributed by atoms with Crippen LogP contribution in [0.5, 0.6) is 0 Å². The van der Waals surface area contributed by atoms with Gasteiger partial charge in [0, 0.05) is 0 Å². The van der Waals surface area contributed by atoms with Gasteiger partial charge in [0.1, 0.15) is 13.0 Å². The molecule has 0 saturated carbocycles. The van der Waals surface area contributed by atoms with Crippen molar-refractivity contribution in [2.45, 2.75) is 6.42 Å². The van der Waals surface area contributed by atoms with Crippen LogP contribution in [0, 0.1) is 6.07 Å². The quantitative estimate of drug-likeness (QED) is 0.430. The highest BCUT2D eigenvalue weighted by molar-refractivity contribution is 4.89. The normalized spacial score (nSPS) is 16.0. The molecule has 0 aromatic rings. The van der Waals surface area contributed by atoms with Crippen molar-refractivity contribution in [1.29, 1.82) is 0 Å². The molecule has 0 saturated heterocycles. The highest BCUT2D eigenvalue weighted by atomic mass is 15.3. The van der Waals surface area contributed by atoms with Crippen molar-refractivity contribution in [3.63, 3.8) is 0 Å². The number of nitrogens with one attached hydrogen (secondary N) is 1. The SMILES string of the molecule is C1#[N+]NCC1. The lowest BCUT2D eigenvalue weighted by molar-refractivity contribution is 0.906. The van der Waals surface area contributed by atoms with Crippen molar-refractivity contribution in [3.05, 3.63) is 4.95 Å². The summed E-state index contributed by atoms with van der Waals surface area (Å²) in [4.78, 5) is 3.58. The molecule has 0 atom stereocenters. The number of hydrogen-bond acceptors (Lipinski definition) is 1. The molecule has 26 valence electrons. The van der Waals surface area contributed by atoms with Gasteiger partial charge in [0.25, 0.3) is 0 Å². The van der Waals surface area contributed by atoms with Crippen LogP contribution in [0.15, 0.2) is 0 Å². The molecule has 1 N–H and O–H groups in total. The topological polar surface area (TPSA) is 16.4 Å². The largest absolute Gasteiger partial charge is 0.321 e. The van der Waals surface area contributed by atoms with E-state index in [1.807, 2.05) is 0 Å². The second-order valence-corrected chi connectivity index (χ2v) is 0.928. The summed E-state index contributed by atoms with van der Waals surface area (Å²) in [7, 11) is 0. The summed E-state index contributed by atoms with van der Waals surface area (Å²) in [5.41, 5.74) is 2.74. The molecule has 1 aliphatic heterocycles. The Hall–Kier alpha value is -0.710. The first-order valence-electron chi connectivity index (χ1n) is 1.65. The summed E-state index contributed by atoms with van der Waals surface area (Å²) in [6.45, 7) is 0.972. The molecule has 1 aliphatic rings. The molecule has 0 aromatic carbocycles. The predicted molar refractivity (Wildman–Crippen MR) is 19.9 cm³/mol. The minimum Gasteiger partial charge on any atom is -0.0798 e. The van der Waals surface area contributed by atoms with Crippen molar-refractivity contribution < 1.29 is 0 Å². The zero-order valence-corrected chi connectivity index (χ0v) is 2.86. The van der Waals surface area contributed by atoms with Gasteiger partial charge in [-0.05, 0) is 0 Å². The molecular weight excluding hydrogens is 64.0 g/mol. The van der Waals surface area contributed by atoms with E-state index in [1.165, 1.54) is 0 Å². The standard InChI is InChI=1S/C3H5N2/c1-2-4-5-3-1/h4H,1-2H2/q+1. The molecule has 0 amide bonds. The van der Waals surface area contributed by atoms with E-state index in [4.69, 9.17) is 0 Å². The van der Waals surface area contributed by atoms with Crippen LogP contribution in [0.4, 0.5) is 0 Å². The molecule has 2 nitrogen and oxygen atoms in total. The second kappa shape index (κ2) is 0.937. The lowest BCUT2D eigenvalue weighted by Gasteiger charge is -1.60. The van der Waals surface area contributed by atoms with E-state index < -0.39 is 0 Å². The van der Waals surface area contributed by atoms with Gasteiger partial charge in [0.15, 0.2) is 0 Å². The zero-order chi connectivity index (χ0) is 3.54. The Labute approximate surface area is 30.6 Å². The summed E-state index contributed by atoms with van der Waals surface area (Å²) >= 11 is 0. The van der Waals surface area contributed by atoms with Gasteiger partial charge in [-0.3, -0.25) is 0 Å². The van der Waals surface area contributed by atoms with E-state index in [1.54, 1.807) is 0 Å². The monoisotopic (exact) mass is 69.0 g/mol. The van der Waals surface area contributed by atoms with Gasteiger partial charge in [-0.15, -0.1) is 0 Å². The molecule has 0 spiro atoms. The van der Waals surface area contributed by atoms with Crippen LogP contribution in [0.3, 0.4) is 0 Å². The molecular formula is C3H5N2+. The van der Waals surface area contributed by atoms with Crippen LogP contribution in [0.1, 0.15) is 6.42 Å². The van der Waals surface area contributed by atoms with Crippen LogP contribution >= 0.6 is 0 Å². The van der Waals surface area contributed by atoms with Crippen molar-refractivity contribution in [2.75, 3.05) is 6.54 Å². The summed E-state index contributed by atoms with van der Waals surface area (Å²) in [6.07, 6.45) is 0.972. The van der Waals surface area contributed by atoms with Crippen molar-refractivity contribution in [1.82, 2.24) is 5.43 Å². The average molecular weight is 69.1 g/mol. The molecule has 1 heterocycles. The molecule has 0 aromatic heterocycles. The Morgan fingerprint density at radius 3 is 3.00 bits per heavy atom. The molecule has 0 radical (unpaired) electrons. The van der Waals surface area contributed by atoms with E-state index in [0.29, 0.717) is 0 Å². The van der Waals surface area contributed by atoms with E-state index in [2.05, 4.69) is 16.4 Å². The maximum atomic E-state index is 3.58. The van der Waals surface area contributed by atoms with Gasteiger partial charge in [0.2, 0.25) is 0 Å². The third-order valence-corrected chi connectivity index (χ3v) is 0.507. The van der Waals surface area contributed by atoms with Crippen LogP contribution in [0.2, 0.25) is 0 Å². The van der Waals surface area contributed by atoms with Gasteiger partial charge >= 0.3 is 6.07 Å². The van der Waals surface area contributed by atoms with E-state index in [0.717, 1.165) is 13.0 Å². The summed E-state index contributed by atoms with van der Waals surface area (Å²) in [5.74, 6) is 0. The lowest BCUT2D eigenvalue weighted by Crippen LogP contribution is -1.95. The molecule has 0 aliphatic carbocycles. The van der Waals surface area contributed by atoms with Gasteiger partial charge < -0.3 is 0 Å². The minimum absolute atomic E-state index is 0.972. The fraction of sp³-hybridized carbons (Fsp3) is 0.667. The third kappa shape index (κ3) is 0.297. The second-order valence-electron chi connectivity index (χ2n) is 0.928. The van der Waals surface area contributed by atoms with Crippen molar-refractivity contribution >= 4 is 0 Å². The molecule has 2 heteroatoms. The van der Waals surface area contributed by atoms with E-state index in [-0.39, 0.29) is 0 Å². The van der Waals surface area contributed by atoms with Gasteiger partial charge in [0.05, 0.1) is 4.95 Å². The van der Waals surface area contributed by atoms with Crippen LogP contribution in [0.25, 0.3) is 4.95 Å². The number of rotatable bonds is 0. The van der Waals surface area contributed by atoms with Crippen LogP contribution < -0.4 is 5.43 Å². The van der Waals surface area contributed by atoms with Crippen molar-refractivity contribution in [2.24, 2.45) is 0 Å². The first kappa shape index (κ1) is 2.52. The van der Waals surface area contributed by atoms with Gasteiger partial charge in [-0.2, -0.15) is 0 Å². The third-order valence-electron chi connectivity index (χ3n) is 0.507.